The third kappa shape index (κ3) is 2.90. The topological polar surface area (TPSA) is 33.2 Å². The molecular formula is C9H14N2OS. The predicted molar refractivity (Wildman–Crippen MR) is 54.5 cm³/mol. The lowest BCUT2D eigenvalue weighted by molar-refractivity contribution is 0.112. The minimum Gasteiger partial charge on any atom is -0.309 e. The van der Waals surface area contributed by atoms with E-state index in [9.17, 15) is 4.79 Å². The van der Waals surface area contributed by atoms with Gasteiger partial charge in [0.05, 0.1) is 15.6 Å². The molecule has 13 heavy (non-hydrogen) atoms. The highest BCUT2D eigenvalue weighted by molar-refractivity contribution is 7.13. The fourth-order valence-corrected chi connectivity index (χ4v) is 1.87. The van der Waals surface area contributed by atoms with Gasteiger partial charge in [0, 0.05) is 13.0 Å². The van der Waals surface area contributed by atoms with Crippen LogP contribution in [-0.2, 0) is 6.42 Å². The van der Waals surface area contributed by atoms with E-state index in [0.29, 0.717) is 0 Å². The molecule has 72 valence electrons. The van der Waals surface area contributed by atoms with Gasteiger partial charge in [0.25, 0.3) is 0 Å². The first-order valence-corrected chi connectivity index (χ1v) is 5.01. The van der Waals surface area contributed by atoms with Crippen molar-refractivity contribution in [2.24, 2.45) is 0 Å². The molecule has 0 aliphatic heterocycles. The van der Waals surface area contributed by atoms with Crippen LogP contribution in [0.25, 0.3) is 0 Å². The van der Waals surface area contributed by atoms with Crippen LogP contribution in [0.4, 0.5) is 0 Å². The Morgan fingerprint density at radius 3 is 2.69 bits per heavy atom. The van der Waals surface area contributed by atoms with Crippen molar-refractivity contribution in [3.63, 3.8) is 0 Å². The summed E-state index contributed by atoms with van der Waals surface area (Å²) < 4.78 is 0. The lowest BCUT2D eigenvalue weighted by atomic mass is 10.4. The molecule has 0 spiro atoms. The molecule has 0 aromatic carbocycles. The van der Waals surface area contributed by atoms with Gasteiger partial charge in [-0.2, -0.15) is 0 Å². The Balaban J connectivity index is 2.63. The average Bonchev–Trinajstić information content (AvgIpc) is 2.43. The molecule has 0 saturated heterocycles. The van der Waals surface area contributed by atoms with Gasteiger partial charge in [-0.05, 0) is 21.0 Å². The Morgan fingerprint density at radius 1 is 1.54 bits per heavy atom. The molecule has 4 heteroatoms. The zero-order valence-electron chi connectivity index (χ0n) is 8.20. The normalized spacial score (nSPS) is 10.8. The molecule has 3 nitrogen and oxygen atoms in total. The van der Waals surface area contributed by atoms with Crippen molar-refractivity contribution in [1.29, 1.82) is 0 Å². The SMILES string of the molecule is Cc1nc(CCN(C)C)sc1C=O. The molecule has 0 N–H and O–H groups in total. The molecule has 0 radical (unpaired) electrons. The average molecular weight is 198 g/mol. The van der Waals surface area contributed by atoms with Crippen molar-refractivity contribution in [1.82, 2.24) is 9.88 Å². The zero-order chi connectivity index (χ0) is 9.84. The fraction of sp³-hybridized carbons (Fsp3) is 0.556. The number of nitrogens with zero attached hydrogens (tertiary/aromatic N) is 2. The van der Waals surface area contributed by atoms with Crippen molar-refractivity contribution in [3.8, 4) is 0 Å². The van der Waals surface area contributed by atoms with E-state index in [1.54, 1.807) is 0 Å². The van der Waals surface area contributed by atoms with Crippen molar-refractivity contribution in [2.45, 2.75) is 13.3 Å². The Morgan fingerprint density at radius 2 is 2.23 bits per heavy atom. The summed E-state index contributed by atoms with van der Waals surface area (Å²) in [5, 5.41) is 1.05. The number of rotatable bonds is 4. The van der Waals surface area contributed by atoms with Gasteiger partial charge in [0.2, 0.25) is 0 Å². The third-order valence-corrected chi connectivity index (χ3v) is 2.90. The maximum atomic E-state index is 10.5. The minimum absolute atomic E-state index is 0.758. The lowest BCUT2D eigenvalue weighted by Gasteiger charge is -2.06. The molecule has 0 saturated carbocycles. The van der Waals surface area contributed by atoms with E-state index in [1.807, 2.05) is 21.0 Å². The van der Waals surface area contributed by atoms with Crippen LogP contribution in [-0.4, -0.2) is 36.8 Å². The summed E-state index contributed by atoms with van der Waals surface area (Å²) in [5.74, 6) is 0. The highest BCUT2D eigenvalue weighted by atomic mass is 32.1. The monoisotopic (exact) mass is 198 g/mol. The van der Waals surface area contributed by atoms with Gasteiger partial charge in [-0.15, -0.1) is 11.3 Å². The van der Waals surface area contributed by atoms with E-state index < -0.39 is 0 Å². The molecule has 0 aliphatic rings. The van der Waals surface area contributed by atoms with Crippen LogP contribution in [0.1, 0.15) is 20.4 Å². The van der Waals surface area contributed by atoms with Gasteiger partial charge in [-0.1, -0.05) is 0 Å². The van der Waals surface area contributed by atoms with Crippen LogP contribution in [0.2, 0.25) is 0 Å². The number of aromatic nitrogens is 1. The molecule has 1 heterocycles. The second kappa shape index (κ2) is 4.48. The number of carbonyl (C=O) groups excluding carboxylic acids is 1. The van der Waals surface area contributed by atoms with Crippen molar-refractivity contribution < 1.29 is 4.79 Å². The van der Waals surface area contributed by atoms with E-state index >= 15 is 0 Å². The summed E-state index contributed by atoms with van der Waals surface area (Å²) in [7, 11) is 4.06. The Bertz CT molecular complexity index is 294. The Labute approximate surface area is 82.4 Å². The molecule has 0 atom stereocenters. The second-order valence-corrected chi connectivity index (χ2v) is 4.34. The molecule has 1 aromatic rings. The summed E-state index contributed by atoms with van der Waals surface area (Å²) in [6.45, 7) is 2.85. The predicted octanol–water partition coefficient (Wildman–Crippen LogP) is 1.37. The molecule has 0 unspecified atom stereocenters. The lowest BCUT2D eigenvalue weighted by Crippen LogP contribution is -2.14. The smallest absolute Gasteiger partial charge is 0.161 e. The highest BCUT2D eigenvalue weighted by Crippen LogP contribution is 2.16. The zero-order valence-corrected chi connectivity index (χ0v) is 9.02. The number of aryl methyl sites for hydroxylation is 1. The Hall–Kier alpha value is -0.740. The fourth-order valence-electron chi connectivity index (χ4n) is 1.00. The van der Waals surface area contributed by atoms with E-state index in [1.165, 1.54) is 11.3 Å². The molecule has 0 aliphatic carbocycles. The summed E-state index contributed by atoms with van der Waals surface area (Å²) >= 11 is 1.50. The van der Waals surface area contributed by atoms with E-state index in [2.05, 4.69) is 9.88 Å². The van der Waals surface area contributed by atoms with E-state index in [-0.39, 0.29) is 0 Å². The molecular weight excluding hydrogens is 184 g/mol. The minimum atomic E-state index is 0.758. The van der Waals surface area contributed by atoms with Crippen LogP contribution >= 0.6 is 11.3 Å². The largest absolute Gasteiger partial charge is 0.309 e. The number of carbonyl (C=O) groups is 1. The number of hydrogen-bond donors (Lipinski definition) is 0. The summed E-state index contributed by atoms with van der Waals surface area (Å²) in [4.78, 5) is 17.7. The van der Waals surface area contributed by atoms with Gasteiger partial charge < -0.3 is 4.90 Å². The van der Waals surface area contributed by atoms with E-state index in [0.717, 1.165) is 34.8 Å². The standard InChI is InChI=1S/C9H14N2OS/c1-7-8(6-12)13-9(10-7)4-5-11(2)3/h6H,4-5H2,1-3H3. The van der Waals surface area contributed by atoms with Gasteiger partial charge in [0.15, 0.2) is 6.29 Å². The van der Waals surface area contributed by atoms with Crippen LogP contribution < -0.4 is 0 Å². The maximum Gasteiger partial charge on any atom is 0.161 e. The van der Waals surface area contributed by atoms with Gasteiger partial charge in [0.1, 0.15) is 0 Å². The first-order valence-electron chi connectivity index (χ1n) is 4.19. The van der Waals surface area contributed by atoms with Crippen LogP contribution in [0.5, 0.6) is 0 Å². The second-order valence-electron chi connectivity index (χ2n) is 3.23. The number of likely N-dealkylation sites (N-methyl/N-ethyl adjacent to an activating group) is 1. The van der Waals surface area contributed by atoms with Crippen LogP contribution in [0.15, 0.2) is 0 Å². The van der Waals surface area contributed by atoms with Crippen LogP contribution in [0, 0.1) is 6.92 Å². The van der Waals surface area contributed by atoms with Crippen molar-refractivity contribution in [2.75, 3.05) is 20.6 Å². The molecule has 0 bridgehead atoms. The first-order chi connectivity index (χ1) is 6.13. The van der Waals surface area contributed by atoms with Gasteiger partial charge >= 0.3 is 0 Å². The first kappa shape index (κ1) is 10.3. The summed E-state index contributed by atoms with van der Waals surface area (Å²) in [6.07, 6.45) is 1.80. The molecule has 1 aromatic heterocycles. The summed E-state index contributed by atoms with van der Waals surface area (Å²) in [5.41, 5.74) is 0.855. The molecule has 0 fully saturated rings. The van der Waals surface area contributed by atoms with Gasteiger partial charge in [-0.3, -0.25) is 4.79 Å². The highest BCUT2D eigenvalue weighted by Gasteiger charge is 2.06. The molecule has 0 amide bonds. The molecule has 1 rings (SSSR count). The quantitative estimate of drug-likeness (QED) is 0.685. The van der Waals surface area contributed by atoms with Crippen molar-refractivity contribution in [3.05, 3.63) is 15.6 Å². The van der Waals surface area contributed by atoms with E-state index in [4.69, 9.17) is 0 Å². The van der Waals surface area contributed by atoms with Crippen LogP contribution in [0.3, 0.4) is 0 Å². The van der Waals surface area contributed by atoms with Gasteiger partial charge in [-0.25, -0.2) is 4.98 Å². The third-order valence-electron chi connectivity index (χ3n) is 1.76. The summed E-state index contributed by atoms with van der Waals surface area (Å²) in [6, 6.07) is 0. The number of thiazole rings is 1. The Kier molecular flexibility index (Phi) is 3.57. The van der Waals surface area contributed by atoms with Crippen molar-refractivity contribution >= 4 is 17.6 Å². The number of aldehydes is 1. The maximum absolute atomic E-state index is 10.5. The number of hydrogen-bond acceptors (Lipinski definition) is 4.